The van der Waals surface area contributed by atoms with Crippen molar-refractivity contribution in [2.45, 2.75) is 43.8 Å². The van der Waals surface area contributed by atoms with Gasteiger partial charge in [-0.15, -0.1) is 12.4 Å². The average molecular weight is 367 g/mol. The second-order valence-corrected chi connectivity index (χ2v) is 6.87. The van der Waals surface area contributed by atoms with Crippen LogP contribution in [0.25, 0.3) is 5.69 Å². The highest BCUT2D eigenvalue weighted by atomic mass is 35.5. The van der Waals surface area contributed by atoms with Crippen LogP contribution < -0.4 is 10.6 Å². The van der Waals surface area contributed by atoms with E-state index in [0.717, 1.165) is 18.5 Å². The summed E-state index contributed by atoms with van der Waals surface area (Å²) in [7, 11) is 0. The Labute approximate surface area is 152 Å². The van der Waals surface area contributed by atoms with E-state index in [4.69, 9.17) is 11.6 Å². The number of benzene rings is 1. The fraction of sp³-hybridized carbons (Fsp3) is 0.412. The lowest BCUT2D eigenvalue weighted by Crippen LogP contribution is -2.47. The largest absolute Gasteiger partial charge is 0.349 e. The maximum atomic E-state index is 12.4. The molecule has 2 aromatic rings. The summed E-state index contributed by atoms with van der Waals surface area (Å²) >= 11 is 6.00. The maximum Gasteiger partial charge on any atom is 0.254 e. The lowest BCUT2D eigenvalue weighted by Gasteiger charge is -2.29. The molecule has 5 nitrogen and oxygen atoms in total. The van der Waals surface area contributed by atoms with E-state index in [1.165, 1.54) is 12.8 Å². The van der Waals surface area contributed by atoms with Gasteiger partial charge in [-0.25, -0.2) is 4.68 Å². The first-order valence-corrected chi connectivity index (χ1v) is 8.43. The van der Waals surface area contributed by atoms with E-state index >= 15 is 0 Å². The number of aromatic nitrogens is 2. The number of hydrogen-bond acceptors (Lipinski definition) is 3. The highest BCUT2D eigenvalue weighted by Gasteiger charge is 2.34. The highest BCUT2D eigenvalue weighted by Crippen LogP contribution is 2.27. The van der Waals surface area contributed by atoms with Gasteiger partial charge in [-0.3, -0.25) is 4.79 Å². The summed E-state index contributed by atoms with van der Waals surface area (Å²) in [6, 6.07) is 8.79. The van der Waals surface area contributed by atoms with E-state index in [1.54, 1.807) is 17.1 Å². The Morgan fingerprint density at radius 1 is 1.29 bits per heavy atom. The summed E-state index contributed by atoms with van der Waals surface area (Å²) in [6.07, 6.45) is 7.84. The van der Waals surface area contributed by atoms with E-state index in [1.807, 2.05) is 24.3 Å². The van der Waals surface area contributed by atoms with Crippen LogP contribution in [0.4, 0.5) is 0 Å². The lowest BCUT2D eigenvalue weighted by molar-refractivity contribution is 0.0924. The van der Waals surface area contributed by atoms with Gasteiger partial charge in [0.25, 0.3) is 5.91 Å². The molecule has 3 heterocycles. The molecule has 7 heteroatoms. The fourth-order valence-electron chi connectivity index (χ4n) is 3.64. The van der Waals surface area contributed by atoms with Gasteiger partial charge in [-0.2, -0.15) is 5.10 Å². The molecule has 1 aromatic heterocycles. The number of carbonyl (C=O) groups excluding carboxylic acids is 1. The van der Waals surface area contributed by atoms with Gasteiger partial charge in [-0.05, 0) is 43.9 Å². The summed E-state index contributed by atoms with van der Waals surface area (Å²) in [5.41, 5.74) is 1.42. The first kappa shape index (κ1) is 17.3. The zero-order chi connectivity index (χ0) is 15.8. The third-order valence-corrected chi connectivity index (χ3v) is 4.96. The number of fused-ring (bicyclic) bond motifs is 2. The molecule has 0 spiro atoms. The SMILES string of the molecule is Cl.O=C(NC1CC2CCC(C1)N2)c1cnn(-c2cccc(Cl)c2)c1. The summed E-state index contributed by atoms with van der Waals surface area (Å²) in [4.78, 5) is 12.4. The molecule has 2 saturated heterocycles. The number of rotatable bonds is 3. The van der Waals surface area contributed by atoms with Crippen molar-refractivity contribution < 1.29 is 4.79 Å². The molecule has 2 bridgehead atoms. The van der Waals surface area contributed by atoms with Gasteiger partial charge in [0.2, 0.25) is 0 Å². The van der Waals surface area contributed by atoms with Crippen molar-refractivity contribution in [2.75, 3.05) is 0 Å². The van der Waals surface area contributed by atoms with E-state index in [-0.39, 0.29) is 24.4 Å². The van der Waals surface area contributed by atoms with Crippen molar-refractivity contribution in [3.8, 4) is 5.69 Å². The predicted molar refractivity (Wildman–Crippen MR) is 96.3 cm³/mol. The Bertz CT molecular complexity index is 721. The number of nitrogens with one attached hydrogen (secondary N) is 2. The van der Waals surface area contributed by atoms with E-state index in [0.29, 0.717) is 22.7 Å². The highest BCUT2D eigenvalue weighted by molar-refractivity contribution is 6.30. The lowest BCUT2D eigenvalue weighted by atomic mass is 9.99. The molecule has 2 N–H and O–H groups in total. The van der Waals surface area contributed by atoms with Gasteiger partial charge in [0.05, 0.1) is 17.4 Å². The van der Waals surface area contributed by atoms with Gasteiger partial charge in [0.1, 0.15) is 0 Å². The van der Waals surface area contributed by atoms with Crippen LogP contribution in [0.5, 0.6) is 0 Å². The number of amides is 1. The van der Waals surface area contributed by atoms with Crippen molar-refractivity contribution >= 4 is 29.9 Å². The molecule has 24 heavy (non-hydrogen) atoms. The molecule has 2 aliphatic rings. The predicted octanol–water partition coefficient (Wildman–Crippen LogP) is 2.96. The fourth-order valence-corrected chi connectivity index (χ4v) is 3.83. The quantitative estimate of drug-likeness (QED) is 0.877. The second kappa shape index (κ2) is 7.13. The van der Waals surface area contributed by atoms with Gasteiger partial charge in [0.15, 0.2) is 0 Å². The maximum absolute atomic E-state index is 12.4. The molecule has 0 aliphatic carbocycles. The standard InChI is InChI=1S/C17H19ClN4O.ClH/c18-12-2-1-3-16(6-12)22-10-11(9-19-22)17(23)21-15-7-13-4-5-14(8-15)20-13;/h1-3,6,9-10,13-15,20H,4-5,7-8H2,(H,21,23);1H. The first-order valence-electron chi connectivity index (χ1n) is 8.05. The van der Waals surface area contributed by atoms with Crippen LogP contribution in [0.3, 0.4) is 0 Å². The molecule has 0 saturated carbocycles. The van der Waals surface area contributed by atoms with E-state index in [2.05, 4.69) is 15.7 Å². The van der Waals surface area contributed by atoms with Gasteiger partial charge < -0.3 is 10.6 Å². The Morgan fingerprint density at radius 2 is 2.04 bits per heavy atom. The number of hydrogen-bond donors (Lipinski definition) is 2. The molecule has 1 amide bonds. The van der Waals surface area contributed by atoms with Crippen molar-refractivity contribution in [2.24, 2.45) is 0 Å². The third kappa shape index (κ3) is 3.58. The molecule has 2 fully saturated rings. The molecule has 0 radical (unpaired) electrons. The minimum Gasteiger partial charge on any atom is -0.349 e. The topological polar surface area (TPSA) is 59.0 Å². The van der Waals surface area contributed by atoms with Crippen LogP contribution in [0, 0.1) is 0 Å². The van der Waals surface area contributed by atoms with Crippen molar-refractivity contribution in [1.82, 2.24) is 20.4 Å². The molecule has 2 unspecified atom stereocenters. The summed E-state index contributed by atoms with van der Waals surface area (Å²) < 4.78 is 1.67. The smallest absolute Gasteiger partial charge is 0.254 e. The number of carbonyl (C=O) groups is 1. The number of halogens is 2. The van der Waals surface area contributed by atoms with Crippen LogP contribution in [0.2, 0.25) is 5.02 Å². The molecule has 1 aromatic carbocycles. The van der Waals surface area contributed by atoms with Crippen molar-refractivity contribution in [3.05, 3.63) is 47.2 Å². The molecule has 2 atom stereocenters. The van der Waals surface area contributed by atoms with E-state index < -0.39 is 0 Å². The normalized spacial score (nSPS) is 25.1. The molecule has 128 valence electrons. The first-order chi connectivity index (χ1) is 11.2. The van der Waals surface area contributed by atoms with Crippen molar-refractivity contribution in [1.29, 1.82) is 0 Å². The van der Waals surface area contributed by atoms with E-state index in [9.17, 15) is 4.79 Å². The minimum atomic E-state index is -0.0513. The average Bonchev–Trinajstić information content (AvgIpc) is 3.14. The Hall–Kier alpha value is -1.56. The second-order valence-electron chi connectivity index (χ2n) is 6.43. The van der Waals surface area contributed by atoms with Crippen LogP contribution in [-0.4, -0.2) is 33.8 Å². The summed E-state index contributed by atoms with van der Waals surface area (Å²) in [6.45, 7) is 0. The van der Waals surface area contributed by atoms with Crippen LogP contribution >= 0.6 is 24.0 Å². The Kier molecular flexibility index (Phi) is 5.13. The monoisotopic (exact) mass is 366 g/mol. The van der Waals surface area contributed by atoms with Crippen LogP contribution in [0.15, 0.2) is 36.7 Å². The molecule has 4 rings (SSSR count). The Balaban J connectivity index is 0.00000169. The molecular formula is C17H20Cl2N4O. The number of nitrogens with zero attached hydrogens (tertiary/aromatic N) is 2. The molecule has 2 aliphatic heterocycles. The molecular weight excluding hydrogens is 347 g/mol. The third-order valence-electron chi connectivity index (χ3n) is 4.73. The van der Waals surface area contributed by atoms with Gasteiger partial charge >= 0.3 is 0 Å². The summed E-state index contributed by atoms with van der Waals surface area (Å²) in [5.74, 6) is -0.0513. The Morgan fingerprint density at radius 3 is 2.75 bits per heavy atom. The number of piperidine rings is 1. The van der Waals surface area contributed by atoms with Crippen LogP contribution in [0.1, 0.15) is 36.0 Å². The summed E-state index contributed by atoms with van der Waals surface area (Å²) in [5, 5.41) is 11.7. The zero-order valence-corrected chi connectivity index (χ0v) is 14.7. The zero-order valence-electron chi connectivity index (χ0n) is 13.1. The van der Waals surface area contributed by atoms with Gasteiger partial charge in [0, 0.05) is 29.3 Å². The van der Waals surface area contributed by atoms with Crippen LogP contribution in [-0.2, 0) is 0 Å². The van der Waals surface area contributed by atoms with Gasteiger partial charge in [-0.1, -0.05) is 17.7 Å². The minimum absolute atomic E-state index is 0. The van der Waals surface area contributed by atoms with Crippen molar-refractivity contribution in [3.63, 3.8) is 0 Å².